The zero-order chi connectivity index (χ0) is 11.5. The monoisotopic (exact) mass is 216 g/mol. The maximum atomic E-state index is 11.6. The fourth-order valence-electron chi connectivity index (χ4n) is 1.47. The minimum Gasteiger partial charge on any atom is -0.423 e. The Morgan fingerprint density at radius 1 is 1.38 bits per heavy atom. The number of aliphatic hydroxyl groups excluding tert-OH is 1. The highest BCUT2D eigenvalue weighted by atomic mass is 16.4. The molecule has 0 saturated heterocycles. The molecule has 0 saturated carbocycles. The summed E-state index contributed by atoms with van der Waals surface area (Å²) in [7, 11) is 0. The molecule has 0 bridgehead atoms. The molecule has 0 amide bonds. The van der Waals surface area contributed by atoms with Crippen molar-refractivity contribution >= 4 is 16.8 Å². The van der Waals surface area contributed by atoms with Crippen LogP contribution in [0.15, 0.2) is 45.6 Å². The summed E-state index contributed by atoms with van der Waals surface area (Å²) in [4.78, 5) is 11.6. The number of aliphatic hydroxyl groups is 1. The van der Waals surface area contributed by atoms with Gasteiger partial charge in [-0.2, -0.15) is 0 Å². The maximum absolute atomic E-state index is 11.6. The summed E-state index contributed by atoms with van der Waals surface area (Å²) in [5.74, 6) is 0.449. The highest BCUT2D eigenvalue weighted by molar-refractivity contribution is 5.82. The summed E-state index contributed by atoms with van der Waals surface area (Å²) >= 11 is 0. The van der Waals surface area contributed by atoms with Gasteiger partial charge in [0.05, 0.1) is 11.5 Å². The zero-order valence-electron chi connectivity index (χ0n) is 8.88. The van der Waals surface area contributed by atoms with Gasteiger partial charge in [-0.3, -0.25) is 0 Å². The smallest absolute Gasteiger partial charge is 0.344 e. The Hall–Kier alpha value is -1.87. The number of rotatable bonds is 2. The zero-order valence-corrected chi connectivity index (χ0v) is 8.88. The third-order valence-electron chi connectivity index (χ3n) is 2.23. The lowest BCUT2D eigenvalue weighted by atomic mass is 10.1. The Morgan fingerprint density at radius 2 is 2.12 bits per heavy atom. The first-order chi connectivity index (χ1) is 7.66. The first-order valence-electron chi connectivity index (χ1n) is 5.06. The quantitative estimate of drug-likeness (QED) is 0.837. The van der Waals surface area contributed by atoms with Crippen molar-refractivity contribution in [1.82, 2.24) is 0 Å². The molecule has 0 aliphatic rings. The Labute approximate surface area is 92.6 Å². The predicted molar refractivity (Wildman–Crippen MR) is 63.2 cm³/mol. The molecule has 3 nitrogen and oxygen atoms in total. The van der Waals surface area contributed by atoms with Crippen molar-refractivity contribution in [2.24, 2.45) is 0 Å². The van der Waals surface area contributed by atoms with Crippen molar-refractivity contribution < 1.29 is 9.52 Å². The van der Waals surface area contributed by atoms with Gasteiger partial charge in [-0.1, -0.05) is 24.3 Å². The van der Waals surface area contributed by atoms with Gasteiger partial charge in [-0.15, -0.1) is 0 Å². The van der Waals surface area contributed by atoms with Crippen molar-refractivity contribution in [1.29, 1.82) is 0 Å². The molecule has 2 aromatic rings. The molecule has 0 aliphatic carbocycles. The van der Waals surface area contributed by atoms with Crippen LogP contribution in [0.5, 0.6) is 0 Å². The highest BCUT2D eigenvalue weighted by Crippen LogP contribution is 2.12. The summed E-state index contributed by atoms with van der Waals surface area (Å²) in [6, 6.07) is 9.01. The largest absolute Gasteiger partial charge is 0.423 e. The van der Waals surface area contributed by atoms with Crippen molar-refractivity contribution in [2.75, 3.05) is 0 Å². The molecule has 0 aliphatic heterocycles. The first kappa shape index (κ1) is 10.6. The summed E-state index contributed by atoms with van der Waals surface area (Å²) in [5, 5.41) is 10.5. The fourth-order valence-corrected chi connectivity index (χ4v) is 1.47. The van der Waals surface area contributed by atoms with Crippen LogP contribution in [0.2, 0.25) is 0 Å². The van der Waals surface area contributed by atoms with Gasteiger partial charge in [0.15, 0.2) is 0 Å². The van der Waals surface area contributed by atoms with E-state index in [0.29, 0.717) is 11.1 Å². The van der Waals surface area contributed by atoms with Gasteiger partial charge in [0.25, 0.3) is 0 Å². The van der Waals surface area contributed by atoms with Crippen LogP contribution in [0.4, 0.5) is 0 Å². The van der Waals surface area contributed by atoms with Gasteiger partial charge < -0.3 is 9.52 Å². The van der Waals surface area contributed by atoms with E-state index in [2.05, 4.69) is 0 Å². The van der Waals surface area contributed by atoms with E-state index in [4.69, 9.17) is 9.52 Å². The lowest BCUT2D eigenvalue weighted by Crippen LogP contribution is -2.00. The van der Waals surface area contributed by atoms with Crippen LogP contribution in [0, 0.1) is 0 Å². The molecular formula is C13H12O3. The molecule has 0 spiro atoms. The predicted octanol–water partition coefficient (Wildman–Crippen LogP) is 2.19. The van der Waals surface area contributed by atoms with E-state index < -0.39 is 6.10 Å². The lowest BCUT2D eigenvalue weighted by Gasteiger charge is -1.98. The van der Waals surface area contributed by atoms with Crippen LogP contribution in [0.1, 0.15) is 12.7 Å². The van der Waals surface area contributed by atoms with Crippen molar-refractivity contribution in [3.63, 3.8) is 0 Å². The van der Waals surface area contributed by atoms with Crippen LogP contribution in [0.25, 0.3) is 16.8 Å². The molecule has 1 aromatic carbocycles. The molecule has 1 N–H and O–H groups in total. The van der Waals surface area contributed by atoms with E-state index in [1.807, 2.05) is 12.1 Å². The molecule has 1 unspecified atom stereocenters. The maximum Gasteiger partial charge on any atom is 0.344 e. The Balaban J connectivity index is 2.54. The van der Waals surface area contributed by atoms with E-state index in [1.54, 1.807) is 37.3 Å². The number of hydrogen-bond donors (Lipinski definition) is 1. The van der Waals surface area contributed by atoms with E-state index in [1.165, 1.54) is 0 Å². The minimum atomic E-state index is -0.559. The van der Waals surface area contributed by atoms with Crippen molar-refractivity contribution in [3.05, 3.63) is 52.6 Å². The van der Waals surface area contributed by atoms with Crippen molar-refractivity contribution in [2.45, 2.75) is 13.0 Å². The first-order valence-corrected chi connectivity index (χ1v) is 5.06. The fraction of sp³-hybridized carbons (Fsp3) is 0.154. The normalized spacial score (nSPS) is 13.4. The molecule has 0 fully saturated rings. The summed E-state index contributed by atoms with van der Waals surface area (Å²) < 4.78 is 5.09. The topological polar surface area (TPSA) is 50.4 Å². The number of benzene rings is 1. The Kier molecular flexibility index (Phi) is 2.88. The third kappa shape index (κ3) is 2.20. The third-order valence-corrected chi connectivity index (χ3v) is 2.23. The van der Waals surface area contributed by atoms with Crippen LogP contribution in [-0.4, -0.2) is 11.2 Å². The second-order valence-corrected chi connectivity index (χ2v) is 3.62. The second-order valence-electron chi connectivity index (χ2n) is 3.62. The Bertz CT molecular complexity index is 579. The number of fused-ring (bicyclic) bond motifs is 1. The van der Waals surface area contributed by atoms with E-state index in [9.17, 15) is 4.79 Å². The lowest BCUT2D eigenvalue weighted by molar-refractivity contribution is 0.245. The van der Waals surface area contributed by atoms with Crippen LogP contribution in [-0.2, 0) is 0 Å². The minimum absolute atomic E-state index is 0.358. The summed E-state index contributed by atoms with van der Waals surface area (Å²) in [6.45, 7) is 1.63. The van der Waals surface area contributed by atoms with Gasteiger partial charge in [-0.25, -0.2) is 4.79 Å². The van der Waals surface area contributed by atoms with E-state index in [0.717, 1.165) is 5.39 Å². The standard InChI is InChI=1S/C13H12O3/c1-9(14)6-7-11-8-10-4-2-3-5-12(10)13(15)16-11/h2-9,14H,1H3/b7-6+. The van der Waals surface area contributed by atoms with Crippen LogP contribution >= 0.6 is 0 Å². The van der Waals surface area contributed by atoms with Crippen LogP contribution in [0.3, 0.4) is 0 Å². The SMILES string of the molecule is CC(O)/C=C/c1cc2ccccc2c(=O)o1. The molecular weight excluding hydrogens is 204 g/mol. The molecule has 1 aromatic heterocycles. The number of hydrogen-bond acceptors (Lipinski definition) is 3. The molecule has 1 atom stereocenters. The molecule has 16 heavy (non-hydrogen) atoms. The molecule has 82 valence electrons. The van der Waals surface area contributed by atoms with E-state index in [-0.39, 0.29) is 5.63 Å². The molecule has 0 radical (unpaired) electrons. The average Bonchev–Trinajstić information content (AvgIpc) is 2.26. The summed E-state index contributed by atoms with van der Waals surface area (Å²) in [5.41, 5.74) is -0.358. The molecule has 3 heteroatoms. The van der Waals surface area contributed by atoms with Gasteiger partial charge in [-0.05, 0) is 30.5 Å². The summed E-state index contributed by atoms with van der Waals surface area (Å²) in [6.07, 6.45) is 2.60. The van der Waals surface area contributed by atoms with E-state index >= 15 is 0 Å². The Morgan fingerprint density at radius 3 is 2.88 bits per heavy atom. The van der Waals surface area contributed by atoms with Gasteiger partial charge in [0.1, 0.15) is 5.76 Å². The van der Waals surface area contributed by atoms with Crippen molar-refractivity contribution in [3.8, 4) is 0 Å². The van der Waals surface area contributed by atoms with Gasteiger partial charge >= 0.3 is 5.63 Å². The van der Waals surface area contributed by atoms with Crippen LogP contribution < -0.4 is 5.63 Å². The molecule has 2 rings (SSSR count). The van der Waals surface area contributed by atoms with Gasteiger partial charge in [0.2, 0.25) is 0 Å². The average molecular weight is 216 g/mol. The second kappa shape index (κ2) is 4.33. The highest BCUT2D eigenvalue weighted by Gasteiger charge is 2.01. The molecule has 1 heterocycles. The van der Waals surface area contributed by atoms with Gasteiger partial charge in [0, 0.05) is 0 Å².